The molecule has 1 saturated heterocycles. The zero-order valence-corrected chi connectivity index (χ0v) is 21.3. The van der Waals surface area contributed by atoms with Gasteiger partial charge in [-0.25, -0.2) is 4.79 Å². The Labute approximate surface area is 213 Å². The van der Waals surface area contributed by atoms with Gasteiger partial charge in [0.2, 0.25) is 0 Å². The number of amides is 1. The molecule has 3 atom stereocenters. The van der Waals surface area contributed by atoms with E-state index in [1.165, 1.54) is 38.1 Å². The Bertz CT molecular complexity index is 1190. The third-order valence-corrected chi connectivity index (χ3v) is 8.19. The second kappa shape index (κ2) is 10.1. The van der Waals surface area contributed by atoms with Crippen LogP contribution in [0.5, 0.6) is 11.5 Å². The van der Waals surface area contributed by atoms with Crippen molar-refractivity contribution >= 4 is 46.3 Å². The molecular weight excluding hydrogens is 486 g/mol. The van der Waals surface area contributed by atoms with E-state index in [-0.39, 0.29) is 25.2 Å². The number of methoxy groups -OCH3 is 1. The second-order valence-electron chi connectivity index (χ2n) is 8.96. The fourth-order valence-corrected chi connectivity index (χ4v) is 6.64. The molecule has 0 N–H and O–H groups in total. The van der Waals surface area contributed by atoms with Crippen molar-refractivity contribution < 1.29 is 28.2 Å². The highest BCUT2D eigenvalue weighted by molar-refractivity contribution is 8.26. The summed E-state index contributed by atoms with van der Waals surface area (Å²) in [5, 5.41) is 0. The molecule has 2 saturated carbocycles. The van der Waals surface area contributed by atoms with Crippen molar-refractivity contribution in [3.8, 4) is 22.8 Å². The van der Waals surface area contributed by atoms with Crippen LogP contribution in [0.3, 0.4) is 0 Å². The molecule has 1 aliphatic heterocycles. The highest BCUT2D eigenvalue weighted by atomic mass is 32.2. The van der Waals surface area contributed by atoms with Gasteiger partial charge in [-0.15, -0.1) is 0 Å². The Kier molecular flexibility index (Phi) is 6.88. The van der Waals surface area contributed by atoms with Crippen molar-refractivity contribution in [2.24, 2.45) is 11.8 Å². The summed E-state index contributed by atoms with van der Waals surface area (Å²) >= 11 is 6.93. The van der Waals surface area contributed by atoms with Crippen molar-refractivity contribution in [1.29, 1.82) is 0 Å². The summed E-state index contributed by atoms with van der Waals surface area (Å²) in [4.78, 5) is 27.3. The number of thiocarbonyl (C=S) groups is 1. The molecule has 9 heteroatoms. The molecule has 2 bridgehead atoms. The maximum atomic E-state index is 13.2. The number of hydrogen-bond donors (Lipinski definition) is 0. The Hall–Kier alpha value is -2.78. The predicted octanol–water partition coefficient (Wildman–Crippen LogP) is 5.29. The molecule has 0 radical (unpaired) electrons. The molecule has 3 aliphatic rings. The van der Waals surface area contributed by atoms with Crippen LogP contribution >= 0.6 is 24.0 Å². The maximum absolute atomic E-state index is 13.2. The van der Waals surface area contributed by atoms with E-state index in [1.807, 2.05) is 23.1 Å². The summed E-state index contributed by atoms with van der Waals surface area (Å²) < 4.78 is 22.5. The van der Waals surface area contributed by atoms with Crippen LogP contribution in [0.4, 0.5) is 0 Å². The standard InChI is InChI=1S/C26H27NO6S2/c1-3-31-24(28)14-32-22-12-17(6-8-21(22)30-2)20-9-7-18(33-20)13-23-25(29)27(26(34)35-23)19-11-15-4-5-16(19)10-15/h6-9,12-13,15-16,19H,3-5,10-11,14H2,1-2H3. The van der Waals surface area contributed by atoms with Gasteiger partial charge in [-0.2, -0.15) is 0 Å². The van der Waals surface area contributed by atoms with Crippen molar-refractivity contribution in [3.05, 3.63) is 41.0 Å². The number of carbonyl (C=O) groups is 2. The monoisotopic (exact) mass is 513 g/mol. The first kappa shape index (κ1) is 23.9. The molecule has 3 fully saturated rings. The largest absolute Gasteiger partial charge is 0.493 e. The van der Waals surface area contributed by atoms with Gasteiger partial charge < -0.3 is 18.6 Å². The van der Waals surface area contributed by atoms with E-state index in [9.17, 15) is 9.59 Å². The van der Waals surface area contributed by atoms with Gasteiger partial charge in [0.15, 0.2) is 18.1 Å². The molecule has 1 aromatic heterocycles. The van der Waals surface area contributed by atoms with Gasteiger partial charge in [-0.3, -0.25) is 9.69 Å². The smallest absolute Gasteiger partial charge is 0.344 e. The highest BCUT2D eigenvalue weighted by Crippen LogP contribution is 2.49. The summed E-state index contributed by atoms with van der Waals surface area (Å²) in [6.45, 7) is 1.81. The lowest BCUT2D eigenvalue weighted by molar-refractivity contribution is -0.145. The average molecular weight is 514 g/mol. The molecular formula is C26H27NO6S2. The van der Waals surface area contributed by atoms with Crippen LogP contribution in [0.1, 0.15) is 38.4 Å². The van der Waals surface area contributed by atoms with Crippen LogP contribution < -0.4 is 9.47 Å². The molecule has 0 spiro atoms. The molecule has 7 nitrogen and oxygen atoms in total. The summed E-state index contributed by atoms with van der Waals surface area (Å²) in [6, 6.07) is 9.23. The molecule has 1 amide bonds. The van der Waals surface area contributed by atoms with Gasteiger partial charge in [-0.1, -0.05) is 30.4 Å². The summed E-state index contributed by atoms with van der Waals surface area (Å²) in [5.41, 5.74) is 0.749. The number of fused-ring (bicyclic) bond motifs is 2. The molecule has 2 aromatic rings. The van der Waals surface area contributed by atoms with Crippen LogP contribution in [0.2, 0.25) is 0 Å². The van der Waals surface area contributed by atoms with E-state index in [4.69, 9.17) is 30.8 Å². The van der Waals surface area contributed by atoms with Gasteiger partial charge in [0.1, 0.15) is 15.8 Å². The summed E-state index contributed by atoms with van der Waals surface area (Å²) in [6.07, 6.45) is 6.52. The molecule has 1 aromatic carbocycles. The van der Waals surface area contributed by atoms with E-state index in [1.54, 1.807) is 25.1 Å². The number of benzene rings is 1. The summed E-state index contributed by atoms with van der Waals surface area (Å²) in [5.74, 6) is 2.91. The first-order valence-electron chi connectivity index (χ1n) is 11.8. The highest BCUT2D eigenvalue weighted by Gasteiger charge is 2.48. The summed E-state index contributed by atoms with van der Waals surface area (Å²) in [7, 11) is 1.53. The van der Waals surface area contributed by atoms with Crippen molar-refractivity contribution in [1.82, 2.24) is 4.90 Å². The maximum Gasteiger partial charge on any atom is 0.344 e. The number of ether oxygens (including phenoxy) is 3. The zero-order chi connectivity index (χ0) is 24.5. The fourth-order valence-electron chi connectivity index (χ4n) is 5.29. The molecule has 184 valence electrons. The quantitative estimate of drug-likeness (QED) is 0.268. The Morgan fingerprint density at radius 1 is 1.23 bits per heavy atom. The molecule has 2 heterocycles. The number of rotatable bonds is 8. The number of carbonyl (C=O) groups excluding carboxylic acids is 2. The van der Waals surface area contributed by atoms with Crippen LogP contribution in [-0.2, 0) is 14.3 Å². The van der Waals surface area contributed by atoms with Crippen LogP contribution in [0.15, 0.2) is 39.7 Å². The van der Waals surface area contributed by atoms with Crippen LogP contribution in [0, 0.1) is 11.8 Å². The lowest BCUT2D eigenvalue weighted by atomic mass is 9.94. The SMILES string of the molecule is CCOC(=O)COc1cc(-c2ccc(C=C3SC(=S)N(C4CC5CCC4C5)C3=O)o2)ccc1OC. The number of hydrogen-bond acceptors (Lipinski definition) is 8. The molecule has 2 aliphatic carbocycles. The van der Waals surface area contributed by atoms with Crippen molar-refractivity contribution in [2.45, 2.75) is 38.6 Å². The normalized spacial score (nSPS) is 24.5. The Morgan fingerprint density at radius 3 is 2.80 bits per heavy atom. The lowest BCUT2D eigenvalue weighted by Crippen LogP contribution is -2.41. The molecule has 3 unspecified atom stereocenters. The van der Waals surface area contributed by atoms with E-state index in [0.29, 0.717) is 38.2 Å². The molecule has 5 rings (SSSR count). The average Bonchev–Trinajstić information content (AvgIpc) is 3.63. The number of thioether (sulfide) groups is 1. The Morgan fingerprint density at radius 2 is 2.09 bits per heavy atom. The third kappa shape index (κ3) is 4.84. The Balaban J connectivity index is 1.32. The van der Waals surface area contributed by atoms with E-state index in [0.717, 1.165) is 17.9 Å². The minimum Gasteiger partial charge on any atom is -0.493 e. The minimum absolute atomic E-state index is 0.0189. The topological polar surface area (TPSA) is 78.2 Å². The van der Waals surface area contributed by atoms with Crippen LogP contribution in [-0.4, -0.2) is 47.5 Å². The van der Waals surface area contributed by atoms with Crippen molar-refractivity contribution in [3.63, 3.8) is 0 Å². The first-order chi connectivity index (χ1) is 17.0. The van der Waals surface area contributed by atoms with Gasteiger partial charge >= 0.3 is 5.97 Å². The van der Waals surface area contributed by atoms with E-state index in [2.05, 4.69) is 0 Å². The second-order valence-corrected chi connectivity index (χ2v) is 10.6. The lowest BCUT2D eigenvalue weighted by Gasteiger charge is -2.30. The zero-order valence-electron chi connectivity index (χ0n) is 19.7. The third-order valence-electron chi connectivity index (χ3n) is 6.86. The number of nitrogens with zero attached hydrogens (tertiary/aromatic N) is 1. The fraction of sp³-hybridized carbons (Fsp3) is 0.423. The van der Waals surface area contributed by atoms with Crippen LogP contribution in [0.25, 0.3) is 17.4 Å². The van der Waals surface area contributed by atoms with Gasteiger partial charge in [0, 0.05) is 17.7 Å². The predicted molar refractivity (Wildman–Crippen MR) is 137 cm³/mol. The number of furan rings is 1. The minimum atomic E-state index is -0.456. The van der Waals surface area contributed by atoms with Gasteiger partial charge in [0.05, 0.1) is 18.6 Å². The number of esters is 1. The van der Waals surface area contributed by atoms with Gasteiger partial charge in [0.25, 0.3) is 5.91 Å². The first-order valence-corrected chi connectivity index (χ1v) is 13.0. The van der Waals surface area contributed by atoms with E-state index >= 15 is 0 Å². The van der Waals surface area contributed by atoms with Crippen molar-refractivity contribution in [2.75, 3.05) is 20.3 Å². The molecule has 35 heavy (non-hydrogen) atoms. The van der Waals surface area contributed by atoms with Gasteiger partial charge in [-0.05, 0) is 68.4 Å². The van der Waals surface area contributed by atoms with E-state index < -0.39 is 5.97 Å².